The van der Waals surface area contributed by atoms with Crippen LogP contribution in [0.4, 0.5) is 0 Å². The van der Waals surface area contributed by atoms with E-state index in [4.69, 9.17) is 14.6 Å². The summed E-state index contributed by atoms with van der Waals surface area (Å²) >= 11 is 0. The summed E-state index contributed by atoms with van der Waals surface area (Å²) in [5, 5.41) is 9.15. The van der Waals surface area contributed by atoms with E-state index in [0.29, 0.717) is 23.6 Å². The number of carbonyl (C=O) groups is 1. The van der Waals surface area contributed by atoms with Crippen LogP contribution in [0.2, 0.25) is 0 Å². The molecule has 20 heavy (non-hydrogen) atoms. The SMILES string of the molecule is COc1ccc(C(=O)N(CCO)C2CCC2)cc1OC. The molecule has 1 aromatic carbocycles. The Balaban J connectivity index is 2.21. The fraction of sp³-hybridized carbons (Fsp3) is 0.533. The molecule has 1 aliphatic carbocycles. The van der Waals surface area contributed by atoms with Gasteiger partial charge in [-0.1, -0.05) is 0 Å². The molecule has 1 amide bonds. The predicted molar refractivity (Wildman–Crippen MR) is 75.3 cm³/mol. The van der Waals surface area contributed by atoms with Gasteiger partial charge in [0.05, 0.1) is 20.8 Å². The molecule has 5 nitrogen and oxygen atoms in total. The zero-order chi connectivity index (χ0) is 14.5. The first-order valence-corrected chi connectivity index (χ1v) is 6.85. The number of ether oxygens (including phenoxy) is 2. The molecular formula is C15H21NO4. The zero-order valence-corrected chi connectivity index (χ0v) is 12.0. The van der Waals surface area contributed by atoms with E-state index in [2.05, 4.69) is 0 Å². The molecule has 2 rings (SSSR count). The van der Waals surface area contributed by atoms with Crippen molar-refractivity contribution in [2.45, 2.75) is 25.3 Å². The monoisotopic (exact) mass is 279 g/mol. The van der Waals surface area contributed by atoms with Crippen LogP contribution >= 0.6 is 0 Å². The molecule has 1 aliphatic rings. The molecule has 0 heterocycles. The van der Waals surface area contributed by atoms with Crippen molar-refractivity contribution in [2.24, 2.45) is 0 Å². The molecular weight excluding hydrogens is 258 g/mol. The lowest BCUT2D eigenvalue weighted by Crippen LogP contribution is -2.45. The fourth-order valence-electron chi connectivity index (χ4n) is 2.39. The van der Waals surface area contributed by atoms with E-state index in [1.807, 2.05) is 0 Å². The van der Waals surface area contributed by atoms with Gasteiger partial charge in [0, 0.05) is 18.2 Å². The Morgan fingerprint density at radius 3 is 2.50 bits per heavy atom. The first-order chi connectivity index (χ1) is 9.71. The van der Waals surface area contributed by atoms with E-state index < -0.39 is 0 Å². The molecule has 0 aromatic heterocycles. The Hall–Kier alpha value is -1.75. The number of rotatable bonds is 6. The molecule has 0 saturated heterocycles. The largest absolute Gasteiger partial charge is 0.493 e. The number of carbonyl (C=O) groups excluding carboxylic acids is 1. The zero-order valence-electron chi connectivity index (χ0n) is 12.0. The van der Waals surface area contributed by atoms with Crippen molar-refractivity contribution in [3.8, 4) is 11.5 Å². The van der Waals surface area contributed by atoms with E-state index in [9.17, 15) is 4.79 Å². The van der Waals surface area contributed by atoms with Gasteiger partial charge < -0.3 is 19.5 Å². The predicted octanol–water partition coefficient (Wildman–Crippen LogP) is 1.69. The second kappa shape index (κ2) is 6.61. The minimum absolute atomic E-state index is 0.0183. The quantitative estimate of drug-likeness (QED) is 0.861. The average Bonchev–Trinajstić information content (AvgIpc) is 2.43. The molecule has 0 aliphatic heterocycles. The van der Waals surface area contributed by atoms with Gasteiger partial charge in [-0.3, -0.25) is 4.79 Å². The van der Waals surface area contributed by atoms with Crippen LogP contribution in [0.5, 0.6) is 11.5 Å². The van der Waals surface area contributed by atoms with Crippen LogP contribution in [0.1, 0.15) is 29.6 Å². The summed E-state index contributed by atoms with van der Waals surface area (Å²) < 4.78 is 10.4. The maximum absolute atomic E-state index is 12.6. The Morgan fingerprint density at radius 2 is 2.00 bits per heavy atom. The maximum Gasteiger partial charge on any atom is 0.254 e. The highest BCUT2D eigenvalue weighted by atomic mass is 16.5. The summed E-state index contributed by atoms with van der Waals surface area (Å²) in [5.74, 6) is 1.07. The lowest BCUT2D eigenvalue weighted by atomic mass is 9.91. The maximum atomic E-state index is 12.6. The van der Waals surface area contributed by atoms with Gasteiger partial charge in [0.2, 0.25) is 0 Å². The summed E-state index contributed by atoms with van der Waals surface area (Å²) in [4.78, 5) is 14.3. The third-order valence-corrected chi connectivity index (χ3v) is 3.75. The summed E-state index contributed by atoms with van der Waals surface area (Å²) in [7, 11) is 3.11. The number of hydrogen-bond donors (Lipinski definition) is 1. The van der Waals surface area contributed by atoms with Crippen molar-refractivity contribution in [1.29, 1.82) is 0 Å². The van der Waals surface area contributed by atoms with E-state index in [0.717, 1.165) is 19.3 Å². The van der Waals surface area contributed by atoms with Crippen LogP contribution < -0.4 is 9.47 Å². The van der Waals surface area contributed by atoms with Crippen LogP contribution in [-0.4, -0.2) is 49.3 Å². The van der Waals surface area contributed by atoms with E-state index in [1.54, 1.807) is 37.3 Å². The third-order valence-electron chi connectivity index (χ3n) is 3.75. The number of hydrogen-bond acceptors (Lipinski definition) is 4. The highest BCUT2D eigenvalue weighted by Gasteiger charge is 2.29. The highest BCUT2D eigenvalue weighted by Crippen LogP contribution is 2.30. The number of nitrogens with zero attached hydrogens (tertiary/aromatic N) is 1. The summed E-state index contributed by atoms with van der Waals surface area (Å²) in [5.41, 5.74) is 0.558. The summed E-state index contributed by atoms with van der Waals surface area (Å²) in [6.07, 6.45) is 3.17. The molecule has 0 unspecified atom stereocenters. The van der Waals surface area contributed by atoms with Gasteiger partial charge in [-0.2, -0.15) is 0 Å². The van der Waals surface area contributed by atoms with Crippen LogP contribution in [0.3, 0.4) is 0 Å². The highest BCUT2D eigenvalue weighted by molar-refractivity contribution is 5.95. The van der Waals surface area contributed by atoms with Gasteiger partial charge in [0.25, 0.3) is 5.91 Å². The molecule has 0 atom stereocenters. The molecule has 1 aromatic rings. The van der Waals surface area contributed by atoms with Crippen molar-refractivity contribution >= 4 is 5.91 Å². The second-order valence-corrected chi connectivity index (χ2v) is 4.88. The molecule has 1 fully saturated rings. The van der Waals surface area contributed by atoms with Crippen molar-refractivity contribution in [2.75, 3.05) is 27.4 Å². The van der Waals surface area contributed by atoms with E-state index in [1.165, 1.54) is 0 Å². The molecule has 0 bridgehead atoms. The smallest absolute Gasteiger partial charge is 0.254 e. The topological polar surface area (TPSA) is 59.0 Å². The molecule has 0 radical (unpaired) electrons. The van der Waals surface area contributed by atoms with Crippen molar-refractivity contribution in [1.82, 2.24) is 4.90 Å². The van der Waals surface area contributed by atoms with Gasteiger partial charge >= 0.3 is 0 Å². The minimum Gasteiger partial charge on any atom is -0.493 e. The normalized spacial score (nSPS) is 14.6. The molecule has 1 saturated carbocycles. The van der Waals surface area contributed by atoms with Gasteiger partial charge in [-0.25, -0.2) is 0 Å². The van der Waals surface area contributed by atoms with Gasteiger partial charge in [-0.15, -0.1) is 0 Å². The Labute approximate surface area is 119 Å². The Bertz CT molecular complexity index is 471. The van der Waals surface area contributed by atoms with Crippen LogP contribution in [-0.2, 0) is 0 Å². The minimum atomic E-state index is -0.0651. The van der Waals surface area contributed by atoms with Crippen LogP contribution in [0.25, 0.3) is 0 Å². The molecule has 0 spiro atoms. The Morgan fingerprint density at radius 1 is 1.30 bits per heavy atom. The van der Waals surface area contributed by atoms with Crippen molar-refractivity contribution in [3.05, 3.63) is 23.8 Å². The molecule has 5 heteroatoms. The summed E-state index contributed by atoms with van der Waals surface area (Å²) in [6.45, 7) is 0.355. The van der Waals surface area contributed by atoms with Crippen LogP contribution in [0, 0.1) is 0 Å². The molecule has 110 valence electrons. The first-order valence-electron chi connectivity index (χ1n) is 6.85. The number of methoxy groups -OCH3 is 2. The number of aliphatic hydroxyl groups excluding tert-OH is 1. The average molecular weight is 279 g/mol. The lowest BCUT2D eigenvalue weighted by Gasteiger charge is -2.37. The number of amides is 1. The van der Waals surface area contributed by atoms with Crippen molar-refractivity contribution < 1.29 is 19.4 Å². The lowest BCUT2D eigenvalue weighted by molar-refractivity contribution is 0.0525. The van der Waals surface area contributed by atoms with Gasteiger partial charge in [0.15, 0.2) is 11.5 Å². The van der Waals surface area contributed by atoms with Gasteiger partial charge in [-0.05, 0) is 37.5 Å². The molecule has 1 N–H and O–H groups in total. The van der Waals surface area contributed by atoms with E-state index >= 15 is 0 Å². The fourth-order valence-corrected chi connectivity index (χ4v) is 2.39. The van der Waals surface area contributed by atoms with Crippen molar-refractivity contribution in [3.63, 3.8) is 0 Å². The second-order valence-electron chi connectivity index (χ2n) is 4.88. The number of benzene rings is 1. The standard InChI is InChI=1S/C15H21NO4/c1-19-13-7-6-11(10-14(13)20-2)15(18)16(8-9-17)12-4-3-5-12/h6-7,10,12,17H,3-5,8-9H2,1-2H3. The van der Waals surface area contributed by atoms with Gasteiger partial charge in [0.1, 0.15) is 0 Å². The van der Waals surface area contributed by atoms with Crippen LogP contribution in [0.15, 0.2) is 18.2 Å². The Kier molecular flexibility index (Phi) is 4.84. The first kappa shape index (κ1) is 14.7. The number of aliphatic hydroxyl groups is 1. The summed E-state index contributed by atoms with van der Waals surface area (Å²) in [6, 6.07) is 5.39. The van der Waals surface area contributed by atoms with E-state index in [-0.39, 0.29) is 18.6 Å². The third kappa shape index (κ3) is 2.88.